The number of carbonyl (C=O) groups is 1. The maximum Gasteiger partial charge on any atom is 0.136 e. The highest BCUT2D eigenvalue weighted by Gasteiger charge is 2.12. The van der Waals surface area contributed by atoms with Gasteiger partial charge in [-0.05, 0) is 19.8 Å². The molecule has 1 rings (SSSR count). The molecule has 0 saturated heterocycles. The van der Waals surface area contributed by atoms with Crippen molar-refractivity contribution in [2.45, 2.75) is 26.7 Å². The molecule has 1 nitrogen and oxygen atoms in total. The van der Waals surface area contributed by atoms with E-state index in [1.807, 2.05) is 13.0 Å². The molecule has 0 aromatic rings. The smallest absolute Gasteiger partial charge is 0.136 e. The Morgan fingerprint density at radius 2 is 2.36 bits per heavy atom. The lowest BCUT2D eigenvalue weighted by atomic mass is 9.91. The molecule has 0 spiro atoms. The first-order valence-electron chi connectivity index (χ1n) is 4.08. The fourth-order valence-corrected chi connectivity index (χ4v) is 1.24. The molecule has 1 heteroatoms. The van der Waals surface area contributed by atoms with Crippen LogP contribution in [0.5, 0.6) is 0 Å². The summed E-state index contributed by atoms with van der Waals surface area (Å²) >= 11 is 0. The van der Waals surface area contributed by atoms with Crippen LogP contribution in [0.3, 0.4) is 0 Å². The number of carbonyl (C=O) groups excluding carboxylic acids is 1. The summed E-state index contributed by atoms with van der Waals surface area (Å²) in [6, 6.07) is 0. The predicted octanol–water partition coefficient (Wildman–Crippen LogP) is 2.49. The number of allylic oxidation sites excluding steroid dienone is 4. The lowest BCUT2D eigenvalue weighted by Crippen LogP contribution is -2.10. The van der Waals surface area contributed by atoms with Crippen LogP contribution in [0.25, 0.3) is 0 Å². The Labute approximate surface area is 67.8 Å². The van der Waals surface area contributed by atoms with Gasteiger partial charge in [0.2, 0.25) is 0 Å². The van der Waals surface area contributed by atoms with Crippen LogP contribution < -0.4 is 0 Å². The molecular weight excluding hydrogens is 136 g/mol. The zero-order valence-corrected chi connectivity index (χ0v) is 7.13. The lowest BCUT2D eigenvalue weighted by Gasteiger charge is -2.13. The molecule has 0 aliphatic heterocycles. The Morgan fingerprint density at radius 3 is 2.82 bits per heavy atom. The van der Waals surface area contributed by atoms with Crippen LogP contribution in [-0.4, -0.2) is 5.78 Å². The number of Topliss-reactive ketones (excluding diaryl/α,β-unsaturated/α-hetero) is 1. The quantitative estimate of drug-likeness (QED) is 0.591. The van der Waals surface area contributed by atoms with Gasteiger partial charge in [0.15, 0.2) is 0 Å². The normalized spacial score (nSPS) is 19.3. The van der Waals surface area contributed by atoms with Crippen LogP contribution in [0.15, 0.2) is 23.8 Å². The molecule has 0 unspecified atom stereocenters. The van der Waals surface area contributed by atoms with Crippen molar-refractivity contribution in [3.63, 3.8) is 0 Å². The molecule has 11 heavy (non-hydrogen) atoms. The van der Waals surface area contributed by atoms with E-state index in [1.54, 1.807) is 6.92 Å². The molecule has 0 heterocycles. The van der Waals surface area contributed by atoms with Gasteiger partial charge in [-0.3, -0.25) is 4.79 Å². The molecular formula is C10H14O. The van der Waals surface area contributed by atoms with Crippen LogP contribution in [-0.2, 0) is 4.79 Å². The third-order valence-electron chi connectivity index (χ3n) is 2.21. The van der Waals surface area contributed by atoms with Crippen molar-refractivity contribution in [3.05, 3.63) is 23.8 Å². The first kappa shape index (κ1) is 8.25. The second kappa shape index (κ2) is 3.51. The van der Waals surface area contributed by atoms with Crippen LogP contribution in [0.1, 0.15) is 26.7 Å². The third kappa shape index (κ3) is 2.04. The fraction of sp³-hybridized carbons (Fsp3) is 0.500. The van der Waals surface area contributed by atoms with E-state index in [9.17, 15) is 4.79 Å². The van der Waals surface area contributed by atoms with Crippen molar-refractivity contribution in [2.75, 3.05) is 0 Å². The first-order valence-corrected chi connectivity index (χ1v) is 4.08. The summed E-state index contributed by atoms with van der Waals surface area (Å²) in [5.41, 5.74) is 1.28. The zero-order chi connectivity index (χ0) is 8.27. The fourth-order valence-electron chi connectivity index (χ4n) is 1.24. The summed E-state index contributed by atoms with van der Waals surface area (Å²) in [6.07, 6.45) is 8.38. The van der Waals surface area contributed by atoms with Gasteiger partial charge in [0.05, 0.1) is 0 Å². The highest BCUT2D eigenvalue weighted by molar-refractivity contribution is 5.80. The van der Waals surface area contributed by atoms with E-state index >= 15 is 0 Å². The predicted molar refractivity (Wildman–Crippen MR) is 46.3 cm³/mol. The zero-order valence-electron chi connectivity index (χ0n) is 7.13. The number of rotatable bonds is 2. The van der Waals surface area contributed by atoms with E-state index in [2.05, 4.69) is 12.2 Å². The van der Waals surface area contributed by atoms with Crippen molar-refractivity contribution in [2.24, 2.45) is 5.92 Å². The summed E-state index contributed by atoms with van der Waals surface area (Å²) in [5.74, 6) is 0.395. The van der Waals surface area contributed by atoms with Crippen LogP contribution in [0.4, 0.5) is 0 Å². The molecule has 0 aromatic heterocycles. The van der Waals surface area contributed by atoms with Gasteiger partial charge >= 0.3 is 0 Å². The average molecular weight is 150 g/mol. The minimum absolute atomic E-state index is 0.125. The van der Waals surface area contributed by atoms with Crippen molar-refractivity contribution in [3.8, 4) is 0 Å². The van der Waals surface area contributed by atoms with Crippen molar-refractivity contribution in [1.29, 1.82) is 0 Å². The molecule has 0 fully saturated rings. The Hall–Kier alpha value is -0.850. The van der Waals surface area contributed by atoms with Gasteiger partial charge in [0.25, 0.3) is 0 Å². The van der Waals surface area contributed by atoms with Gasteiger partial charge < -0.3 is 0 Å². The van der Waals surface area contributed by atoms with E-state index in [-0.39, 0.29) is 11.7 Å². The second-order valence-corrected chi connectivity index (χ2v) is 3.04. The van der Waals surface area contributed by atoms with Crippen LogP contribution in [0, 0.1) is 5.92 Å². The third-order valence-corrected chi connectivity index (χ3v) is 2.21. The van der Waals surface area contributed by atoms with E-state index in [1.165, 1.54) is 5.57 Å². The summed E-state index contributed by atoms with van der Waals surface area (Å²) in [5, 5.41) is 0. The second-order valence-electron chi connectivity index (χ2n) is 3.04. The molecule has 0 aromatic carbocycles. The molecule has 0 saturated carbocycles. The molecule has 0 radical (unpaired) electrons. The number of ketones is 1. The SMILES string of the molecule is CC(=O)[C@@H](C)C1=CC=CCC1. The van der Waals surface area contributed by atoms with Crippen LogP contribution >= 0.6 is 0 Å². The van der Waals surface area contributed by atoms with Gasteiger partial charge in [0.1, 0.15) is 5.78 Å². The maximum atomic E-state index is 11.0. The minimum atomic E-state index is 0.125. The highest BCUT2D eigenvalue weighted by Crippen LogP contribution is 2.20. The summed E-state index contributed by atoms with van der Waals surface area (Å²) in [7, 11) is 0. The van der Waals surface area contributed by atoms with Gasteiger partial charge in [0, 0.05) is 5.92 Å². The Morgan fingerprint density at radius 1 is 1.64 bits per heavy atom. The molecule has 1 aliphatic carbocycles. The van der Waals surface area contributed by atoms with Crippen molar-refractivity contribution >= 4 is 5.78 Å². The first-order chi connectivity index (χ1) is 5.22. The Kier molecular flexibility index (Phi) is 2.64. The standard InChI is InChI=1S/C10H14O/c1-8(9(2)11)10-6-4-3-5-7-10/h3-4,6,8H,5,7H2,1-2H3/t8-/m1/s1. The molecule has 0 bridgehead atoms. The van der Waals surface area contributed by atoms with E-state index in [4.69, 9.17) is 0 Å². The van der Waals surface area contributed by atoms with Crippen molar-refractivity contribution < 1.29 is 4.79 Å². The lowest BCUT2D eigenvalue weighted by molar-refractivity contribution is -0.119. The summed E-state index contributed by atoms with van der Waals surface area (Å²) in [4.78, 5) is 11.0. The Balaban J connectivity index is 2.66. The molecule has 1 aliphatic rings. The topological polar surface area (TPSA) is 17.1 Å². The molecule has 1 atom stereocenters. The molecule has 0 amide bonds. The maximum absolute atomic E-state index is 11.0. The molecule has 60 valence electrons. The van der Waals surface area contributed by atoms with Crippen molar-refractivity contribution in [1.82, 2.24) is 0 Å². The van der Waals surface area contributed by atoms with E-state index in [0.717, 1.165) is 12.8 Å². The highest BCUT2D eigenvalue weighted by atomic mass is 16.1. The largest absolute Gasteiger partial charge is 0.299 e. The minimum Gasteiger partial charge on any atom is -0.299 e. The summed E-state index contributed by atoms with van der Waals surface area (Å²) < 4.78 is 0. The number of hydrogen-bond acceptors (Lipinski definition) is 1. The molecule has 0 N–H and O–H groups in total. The van der Waals surface area contributed by atoms with Crippen LogP contribution in [0.2, 0.25) is 0 Å². The van der Waals surface area contributed by atoms with E-state index < -0.39 is 0 Å². The Bertz CT molecular complexity index is 211. The van der Waals surface area contributed by atoms with Gasteiger partial charge in [-0.1, -0.05) is 30.7 Å². The van der Waals surface area contributed by atoms with E-state index in [0.29, 0.717) is 0 Å². The summed E-state index contributed by atoms with van der Waals surface area (Å²) in [6.45, 7) is 3.64. The van der Waals surface area contributed by atoms with Gasteiger partial charge in [-0.15, -0.1) is 0 Å². The van der Waals surface area contributed by atoms with Gasteiger partial charge in [-0.25, -0.2) is 0 Å². The average Bonchev–Trinajstić information content (AvgIpc) is 2.05. The van der Waals surface area contributed by atoms with Gasteiger partial charge in [-0.2, -0.15) is 0 Å². The number of hydrogen-bond donors (Lipinski definition) is 0. The monoisotopic (exact) mass is 150 g/mol.